The summed E-state index contributed by atoms with van der Waals surface area (Å²) in [4.78, 5) is 27.6. The van der Waals surface area contributed by atoms with Crippen LogP contribution in [0.2, 0.25) is 0 Å². The molecule has 9 nitrogen and oxygen atoms in total. The Morgan fingerprint density at radius 3 is 2.04 bits per heavy atom. The summed E-state index contributed by atoms with van der Waals surface area (Å²) in [6.45, 7) is 7.78. The van der Waals surface area contributed by atoms with E-state index in [-0.39, 0.29) is 43.8 Å². The van der Waals surface area contributed by atoms with E-state index in [2.05, 4.69) is 0 Å². The first kappa shape index (κ1) is 26.1. The Balaban J connectivity index is 0.00000676. The van der Waals surface area contributed by atoms with Crippen molar-refractivity contribution in [1.82, 2.24) is 9.80 Å². The predicted molar refractivity (Wildman–Crippen MR) is 105 cm³/mol. The number of unbranched alkanes of at least 4 members (excludes halogenated alkanes) is 1. The number of ether oxygens (including phenoxy) is 1. The van der Waals surface area contributed by atoms with Crippen LogP contribution in [-0.2, 0) is 23.1 Å². The largest absolute Gasteiger partial charge is 0.449 e. The maximum absolute atomic E-state index is 12.5. The van der Waals surface area contributed by atoms with E-state index in [1.807, 2.05) is 6.92 Å². The highest BCUT2D eigenvalue weighted by molar-refractivity contribution is 7.53. The van der Waals surface area contributed by atoms with Gasteiger partial charge in [-0.15, -0.1) is 12.4 Å². The van der Waals surface area contributed by atoms with Crippen LogP contribution in [0, 0.1) is 0 Å². The Bertz CT molecular complexity index is 493. The summed E-state index contributed by atoms with van der Waals surface area (Å²) in [5.74, 6) is -0.316. The van der Waals surface area contributed by atoms with Crippen LogP contribution in [0.4, 0.5) is 4.79 Å². The minimum Gasteiger partial charge on any atom is -0.449 e. The SMILES string of the molecule is CCCCOC(=O)N1CCN(C(=O)C(N)CP(=O)(OCC)OCC)CC1.Cl. The molecule has 0 aromatic rings. The van der Waals surface area contributed by atoms with Crippen molar-refractivity contribution in [2.45, 2.75) is 39.7 Å². The summed E-state index contributed by atoms with van der Waals surface area (Å²) >= 11 is 0. The second kappa shape index (κ2) is 13.3. The maximum Gasteiger partial charge on any atom is 0.409 e. The smallest absolute Gasteiger partial charge is 0.409 e. The van der Waals surface area contributed by atoms with Crippen LogP contribution in [0.1, 0.15) is 33.6 Å². The first-order valence-electron chi connectivity index (χ1n) is 9.21. The molecular formula is C16H33ClN3O6P. The predicted octanol–water partition coefficient (Wildman–Crippen LogP) is 2.08. The standard InChI is InChI=1S/C16H32N3O6P.ClH/c1-4-7-12-23-16(21)19-10-8-18(9-11-19)15(20)14(17)13-26(22,24-5-2)25-6-3;/h14H,4-13,17H2,1-3H3;1H. The van der Waals surface area contributed by atoms with E-state index in [1.54, 1.807) is 23.6 Å². The lowest BCUT2D eigenvalue weighted by Gasteiger charge is -2.35. The molecule has 1 rings (SSSR count). The van der Waals surface area contributed by atoms with Crippen molar-refractivity contribution in [3.8, 4) is 0 Å². The zero-order valence-electron chi connectivity index (χ0n) is 16.4. The van der Waals surface area contributed by atoms with E-state index in [0.29, 0.717) is 32.8 Å². The summed E-state index contributed by atoms with van der Waals surface area (Å²) in [6, 6.07) is -0.970. The Labute approximate surface area is 167 Å². The fourth-order valence-electron chi connectivity index (χ4n) is 2.59. The van der Waals surface area contributed by atoms with Crippen molar-refractivity contribution >= 4 is 32.0 Å². The lowest BCUT2D eigenvalue weighted by Crippen LogP contribution is -2.55. The lowest BCUT2D eigenvalue weighted by atomic mass is 10.2. The van der Waals surface area contributed by atoms with E-state index in [9.17, 15) is 14.2 Å². The molecule has 2 N–H and O–H groups in total. The van der Waals surface area contributed by atoms with Crippen molar-refractivity contribution in [2.75, 3.05) is 52.2 Å². The van der Waals surface area contributed by atoms with Crippen LogP contribution in [0.25, 0.3) is 0 Å². The van der Waals surface area contributed by atoms with Crippen LogP contribution >= 0.6 is 20.0 Å². The van der Waals surface area contributed by atoms with E-state index in [0.717, 1.165) is 12.8 Å². The van der Waals surface area contributed by atoms with Crippen molar-refractivity contribution in [3.05, 3.63) is 0 Å². The molecule has 27 heavy (non-hydrogen) atoms. The third-order valence-corrected chi connectivity index (χ3v) is 6.11. The zero-order chi connectivity index (χ0) is 19.6. The van der Waals surface area contributed by atoms with Gasteiger partial charge in [0.25, 0.3) is 0 Å². The molecule has 1 fully saturated rings. The summed E-state index contributed by atoms with van der Waals surface area (Å²) in [7, 11) is -3.38. The number of hydrogen-bond donors (Lipinski definition) is 1. The molecule has 0 aliphatic carbocycles. The Morgan fingerprint density at radius 2 is 1.56 bits per heavy atom. The molecular weight excluding hydrogens is 397 g/mol. The van der Waals surface area contributed by atoms with Gasteiger partial charge in [-0.1, -0.05) is 13.3 Å². The minimum absolute atomic E-state index is 0. The van der Waals surface area contributed by atoms with Gasteiger partial charge in [-0.05, 0) is 20.3 Å². The number of rotatable bonds is 10. The molecule has 160 valence electrons. The first-order chi connectivity index (χ1) is 12.4. The number of carbonyl (C=O) groups is 2. The van der Waals surface area contributed by atoms with Crippen molar-refractivity contribution in [2.24, 2.45) is 5.73 Å². The molecule has 1 aliphatic rings. The molecule has 1 heterocycles. The van der Waals surface area contributed by atoms with Crippen LogP contribution < -0.4 is 5.73 Å². The van der Waals surface area contributed by atoms with Crippen LogP contribution in [-0.4, -0.2) is 80.0 Å². The molecule has 1 aliphatic heterocycles. The van der Waals surface area contributed by atoms with Gasteiger partial charge < -0.3 is 29.3 Å². The fraction of sp³-hybridized carbons (Fsp3) is 0.875. The Hall–Kier alpha value is -0.860. The molecule has 1 atom stereocenters. The third-order valence-electron chi connectivity index (χ3n) is 3.96. The molecule has 0 radical (unpaired) electrons. The molecule has 0 aromatic heterocycles. The number of amides is 2. The average molecular weight is 430 g/mol. The van der Waals surface area contributed by atoms with Crippen LogP contribution in [0.5, 0.6) is 0 Å². The van der Waals surface area contributed by atoms with Gasteiger partial charge in [0.05, 0.1) is 32.0 Å². The van der Waals surface area contributed by atoms with Crippen LogP contribution in [0.15, 0.2) is 0 Å². The number of nitrogens with zero attached hydrogens (tertiary/aromatic N) is 2. The topological polar surface area (TPSA) is 111 Å². The fourth-order valence-corrected chi connectivity index (χ4v) is 4.30. The molecule has 2 amide bonds. The monoisotopic (exact) mass is 429 g/mol. The molecule has 0 spiro atoms. The van der Waals surface area contributed by atoms with E-state index in [1.165, 1.54) is 0 Å². The molecule has 0 bridgehead atoms. The molecule has 11 heteroatoms. The lowest BCUT2D eigenvalue weighted by molar-refractivity contribution is -0.133. The van der Waals surface area contributed by atoms with Gasteiger partial charge in [-0.2, -0.15) is 0 Å². The normalized spacial score (nSPS) is 15.9. The van der Waals surface area contributed by atoms with Gasteiger partial charge in [0.2, 0.25) is 5.91 Å². The van der Waals surface area contributed by atoms with E-state index in [4.69, 9.17) is 19.5 Å². The second-order valence-electron chi connectivity index (χ2n) is 6.02. The summed E-state index contributed by atoms with van der Waals surface area (Å²) in [5, 5.41) is 0. The number of piperazine rings is 1. The number of hydrogen-bond acceptors (Lipinski definition) is 7. The number of halogens is 1. The highest BCUT2D eigenvalue weighted by Crippen LogP contribution is 2.48. The van der Waals surface area contributed by atoms with Crippen LogP contribution in [0.3, 0.4) is 0 Å². The summed E-state index contributed by atoms with van der Waals surface area (Å²) < 4.78 is 28.1. The zero-order valence-corrected chi connectivity index (χ0v) is 18.1. The molecule has 0 aromatic carbocycles. The highest BCUT2D eigenvalue weighted by atomic mass is 35.5. The highest BCUT2D eigenvalue weighted by Gasteiger charge is 2.34. The van der Waals surface area contributed by atoms with Crippen molar-refractivity contribution in [3.63, 3.8) is 0 Å². The minimum atomic E-state index is -3.38. The van der Waals surface area contributed by atoms with E-state index >= 15 is 0 Å². The van der Waals surface area contributed by atoms with Crippen molar-refractivity contribution in [1.29, 1.82) is 0 Å². The Morgan fingerprint density at radius 1 is 1.04 bits per heavy atom. The van der Waals surface area contributed by atoms with E-state index < -0.39 is 13.6 Å². The summed E-state index contributed by atoms with van der Waals surface area (Å²) in [5.41, 5.74) is 5.94. The Kier molecular flexibility index (Phi) is 12.9. The second-order valence-corrected chi connectivity index (χ2v) is 8.12. The van der Waals surface area contributed by atoms with Gasteiger partial charge in [-0.25, -0.2) is 4.79 Å². The first-order valence-corrected chi connectivity index (χ1v) is 10.9. The quantitative estimate of drug-likeness (QED) is 0.418. The van der Waals surface area contributed by atoms with Gasteiger partial charge >= 0.3 is 13.7 Å². The van der Waals surface area contributed by atoms with Gasteiger partial charge in [-0.3, -0.25) is 9.36 Å². The summed E-state index contributed by atoms with van der Waals surface area (Å²) in [6.07, 6.45) is 1.28. The third kappa shape index (κ3) is 8.79. The molecule has 1 unspecified atom stereocenters. The molecule has 1 saturated heterocycles. The average Bonchev–Trinajstić information content (AvgIpc) is 2.61. The molecule has 0 saturated carbocycles. The van der Waals surface area contributed by atoms with Gasteiger partial charge in [0.15, 0.2) is 0 Å². The number of carbonyl (C=O) groups excluding carboxylic acids is 2. The van der Waals surface area contributed by atoms with Crippen molar-refractivity contribution < 1.29 is 27.9 Å². The number of nitrogens with two attached hydrogens (primary N) is 1. The van der Waals surface area contributed by atoms with Gasteiger partial charge in [0, 0.05) is 26.2 Å². The van der Waals surface area contributed by atoms with Gasteiger partial charge in [0.1, 0.15) is 0 Å². The maximum atomic E-state index is 12.5.